The molecule has 1 amide bonds. The maximum Gasteiger partial charge on any atom is 0.223 e. The molecule has 1 aromatic heterocycles. The Morgan fingerprint density at radius 2 is 1.48 bits per heavy atom. The third kappa shape index (κ3) is 5.38. The minimum absolute atomic E-state index is 0.132. The van der Waals surface area contributed by atoms with E-state index < -0.39 is 0 Å². The summed E-state index contributed by atoms with van der Waals surface area (Å²) < 4.78 is 0. The summed E-state index contributed by atoms with van der Waals surface area (Å²) in [5.41, 5.74) is 0. The minimum Gasteiger partial charge on any atom is -0.355 e. The first-order valence-electron chi connectivity index (χ1n) is 11.5. The second-order valence-corrected chi connectivity index (χ2v) is 9.02. The molecule has 160 valence electrons. The molecular weight excluding hydrogens is 364 g/mol. The second-order valence-electron chi connectivity index (χ2n) is 9.02. The molecule has 0 aliphatic carbocycles. The lowest BCUT2D eigenvalue weighted by atomic mass is 9.96. The molecule has 7 heteroatoms. The van der Waals surface area contributed by atoms with Crippen molar-refractivity contribution < 1.29 is 4.79 Å². The highest BCUT2D eigenvalue weighted by molar-refractivity contribution is 5.79. The molecule has 29 heavy (non-hydrogen) atoms. The van der Waals surface area contributed by atoms with E-state index in [1.165, 1.54) is 38.8 Å². The van der Waals surface area contributed by atoms with Crippen molar-refractivity contribution in [2.45, 2.75) is 45.4 Å². The first kappa shape index (κ1) is 20.4. The van der Waals surface area contributed by atoms with Crippen molar-refractivity contribution in [3.05, 3.63) is 12.1 Å². The van der Waals surface area contributed by atoms with Gasteiger partial charge in [0.2, 0.25) is 5.91 Å². The van der Waals surface area contributed by atoms with Crippen LogP contribution in [0.15, 0.2) is 12.1 Å². The zero-order valence-corrected chi connectivity index (χ0v) is 17.9. The number of amides is 1. The number of nitrogens with zero attached hydrogens (tertiary/aromatic N) is 5. The van der Waals surface area contributed by atoms with Crippen LogP contribution < -0.4 is 15.1 Å². The molecule has 3 aliphatic rings. The minimum atomic E-state index is 0.132. The van der Waals surface area contributed by atoms with Crippen LogP contribution in [0.4, 0.5) is 11.6 Å². The Kier molecular flexibility index (Phi) is 6.85. The van der Waals surface area contributed by atoms with Crippen LogP contribution >= 0.6 is 0 Å². The van der Waals surface area contributed by atoms with E-state index in [-0.39, 0.29) is 11.8 Å². The van der Waals surface area contributed by atoms with Crippen LogP contribution in [0.25, 0.3) is 0 Å². The number of carbonyl (C=O) groups is 1. The fourth-order valence-electron chi connectivity index (χ4n) is 4.75. The van der Waals surface area contributed by atoms with Gasteiger partial charge in [0.05, 0.1) is 0 Å². The largest absolute Gasteiger partial charge is 0.355 e. The lowest BCUT2D eigenvalue weighted by molar-refractivity contribution is -0.125. The number of rotatable bonds is 6. The van der Waals surface area contributed by atoms with Crippen molar-refractivity contribution in [3.8, 4) is 0 Å². The van der Waals surface area contributed by atoms with Crippen molar-refractivity contribution >= 4 is 17.5 Å². The fraction of sp³-hybridized carbons (Fsp3) is 0.773. The van der Waals surface area contributed by atoms with E-state index in [9.17, 15) is 4.79 Å². The van der Waals surface area contributed by atoms with Crippen molar-refractivity contribution in [2.24, 2.45) is 11.8 Å². The van der Waals surface area contributed by atoms with Crippen molar-refractivity contribution in [1.29, 1.82) is 0 Å². The van der Waals surface area contributed by atoms with Gasteiger partial charge in [-0.3, -0.25) is 4.79 Å². The first-order valence-corrected chi connectivity index (χ1v) is 11.5. The van der Waals surface area contributed by atoms with Gasteiger partial charge in [-0.05, 0) is 69.7 Å². The van der Waals surface area contributed by atoms with Gasteiger partial charge in [-0.1, -0.05) is 6.92 Å². The predicted octanol–water partition coefficient (Wildman–Crippen LogP) is 2.14. The van der Waals surface area contributed by atoms with Crippen molar-refractivity contribution in [1.82, 2.24) is 20.4 Å². The third-order valence-electron chi connectivity index (χ3n) is 6.86. The smallest absolute Gasteiger partial charge is 0.223 e. The summed E-state index contributed by atoms with van der Waals surface area (Å²) >= 11 is 0. The van der Waals surface area contributed by atoms with Gasteiger partial charge >= 0.3 is 0 Å². The van der Waals surface area contributed by atoms with Crippen LogP contribution in [0.5, 0.6) is 0 Å². The van der Waals surface area contributed by atoms with E-state index in [0.29, 0.717) is 0 Å². The van der Waals surface area contributed by atoms with Gasteiger partial charge in [0.1, 0.15) is 0 Å². The summed E-state index contributed by atoms with van der Waals surface area (Å²) in [5, 5.41) is 12.1. The number of hydrogen-bond acceptors (Lipinski definition) is 6. The number of nitrogens with one attached hydrogen (secondary N) is 1. The molecule has 0 spiro atoms. The third-order valence-corrected chi connectivity index (χ3v) is 6.86. The number of aromatic nitrogens is 2. The molecular formula is C22H36N6O. The highest BCUT2D eigenvalue weighted by Gasteiger charge is 2.26. The fourth-order valence-corrected chi connectivity index (χ4v) is 4.75. The Hall–Kier alpha value is -1.89. The summed E-state index contributed by atoms with van der Waals surface area (Å²) in [6.07, 6.45) is 6.85. The molecule has 0 aromatic carbocycles. The van der Waals surface area contributed by atoms with Gasteiger partial charge in [0.25, 0.3) is 0 Å². The summed E-state index contributed by atoms with van der Waals surface area (Å²) in [5.74, 6) is 3.11. The molecule has 0 bridgehead atoms. The Bertz CT molecular complexity index is 644. The number of piperidine rings is 2. The zero-order valence-electron chi connectivity index (χ0n) is 17.9. The van der Waals surface area contributed by atoms with Crippen LogP contribution in [0, 0.1) is 11.8 Å². The molecule has 1 aromatic rings. The highest BCUT2D eigenvalue weighted by Crippen LogP contribution is 2.24. The van der Waals surface area contributed by atoms with Gasteiger partial charge < -0.3 is 20.0 Å². The molecule has 0 atom stereocenters. The topological polar surface area (TPSA) is 64.6 Å². The van der Waals surface area contributed by atoms with E-state index in [2.05, 4.69) is 49.3 Å². The molecule has 0 radical (unpaired) electrons. The molecule has 3 aliphatic heterocycles. The highest BCUT2D eigenvalue weighted by atomic mass is 16.1. The standard InChI is InChI=1S/C22H36N6O/c1-18-6-13-27(14-7-18)20-4-5-21(25-24-20)28-15-8-19(9-16-28)22(29)23-10-17-26-11-2-3-12-26/h4-5,18-19H,2-3,6-17H2,1H3,(H,23,29). The number of likely N-dealkylation sites (tertiary alicyclic amines) is 1. The van der Waals surface area contributed by atoms with Gasteiger partial charge in [0, 0.05) is 45.2 Å². The van der Waals surface area contributed by atoms with Gasteiger partial charge in [-0.15, -0.1) is 10.2 Å². The molecule has 3 saturated heterocycles. The number of carbonyl (C=O) groups excluding carboxylic acids is 1. The quantitative estimate of drug-likeness (QED) is 0.789. The number of hydrogen-bond donors (Lipinski definition) is 1. The van der Waals surface area contributed by atoms with Crippen LogP contribution in [-0.4, -0.2) is 73.4 Å². The van der Waals surface area contributed by atoms with E-state index in [4.69, 9.17) is 0 Å². The molecule has 4 rings (SSSR count). The summed E-state index contributed by atoms with van der Waals surface area (Å²) in [7, 11) is 0. The van der Waals surface area contributed by atoms with E-state index >= 15 is 0 Å². The monoisotopic (exact) mass is 400 g/mol. The molecule has 0 unspecified atom stereocenters. The SMILES string of the molecule is CC1CCN(c2ccc(N3CCC(C(=O)NCCN4CCCC4)CC3)nn2)CC1. The van der Waals surface area contributed by atoms with E-state index in [1.807, 2.05) is 0 Å². The average Bonchev–Trinajstić information content (AvgIpc) is 3.28. The van der Waals surface area contributed by atoms with Crippen LogP contribution in [0.2, 0.25) is 0 Å². The molecule has 1 N–H and O–H groups in total. The molecule has 3 fully saturated rings. The van der Waals surface area contributed by atoms with Crippen LogP contribution in [-0.2, 0) is 4.79 Å². The predicted molar refractivity (Wildman–Crippen MR) is 116 cm³/mol. The average molecular weight is 401 g/mol. The summed E-state index contributed by atoms with van der Waals surface area (Å²) in [6, 6.07) is 4.20. The van der Waals surface area contributed by atoms with Gasteiger partial charge in [-0.2, -0.15) is 0 Å². The van der Waals surface area contributed by atoms with Crippen LogP contribution in [0.3, 0.4) is 0 Å². The molecule has 7 nitrogen and oxygen atoms in total. The maximum atomic E-state index is 12.5. The lowest BCUT2D eigenvalue weighted by Gasteiger charge is -2.33. The van der Waals surface area contributed by atoms with E-state index in [0.717, 1.165) is 69.7 Å². The van der Waals surface area contributed by atoms with Crippen LogP contribution in [0.1, 0.15) is 45.4 Å². The lowest BCUT2D eigenvalue weighted by Crippen LogP contribution is -2.42. The molecule has 0 saturated carbocycles. The Morgan fingerprint density at radius 3 is 2.03 bits per heavy atom. The number of anilines is 2. The van der Waals surface area contributed by atoms with Crippen molar-refractivity contribution in [2.75, 3.05) is 62.2 Å². The first-order chi connectivity index (χ1) is 14.2. The van der Waals surface area contributed by atoms with Gasteiger partial charge in [0.15, 0.2) is 11.6 Å². The maximum absolute atomic E-state index is 12.5. The Balaban J connectivity index is 1.20. The summed E-state index contributed by atoms with van der Waals surface area (Å²) in [4.78, 5) is 19.5. The zero-order chi connectivity index (χ0) is 20.1. The second kappa shape index (κ2) is 9.74. The molecule has 4 heterocycles. The normalized spacial score (nSPS) is 22.2. The Labute approximate surface area is 174 Å². The van der Waals surface area contributed by atoms with Gasteiger partial charge in [-0.25, -0.2) is 0 Å². The van der Waals surface area contributed by atoms with E-state index in [1.54, 1.807) is 0 Å². The Morgan fingerprint density at radius 1 is 0.931 bits per heavy atom. The summed E-state index contributed by atoms with van der Waals surface area (Å²) in [6.45, 7) is 10.4. The van der Waals surface area contributed by atoms with Crippen molar-refractivity contribution in [3.63, 3.8) is 0 Å².